The van der Waals surface area contributed by atoms with Gasteiger partial charge in [0.25, 0.3) is 12.3 Å². The highest BCUT2D eigenvalue weighted by atomic mass is 19.3. The van der Waals surface area contributed by atoms with Gasteiger partial charge in [0, 0.05) is 38.6 Å². The van der Waals surface area contributed by atoms with Gasteiger partial charge < -0.3 is 15.5 Å². The number of amides is 1. The highest BCUT2D eigenvalue weighted by molar-refractivity contribution is 6.08. The number of nitrogens with zero attached hydrogens (tertiary/aromatic N) is 6. The van der Waals surface area contributed by atoms with E-state index in [1.165, 1.54) is 10.7 Å². The molecule has 2 N–H and O–H groups in total. The molecule has 2 fully saturated rings. The third-order valence-corrected chi connectivity index (χ3v) is 7.02. The summed E-state index contributed by atoms with van der Waals surface area (Å²) < 4.78 is 30.7. The van der Waals surface area contributed by atoms with Gasteiger partial charge in [0.2, 0.25) is 0 Å². The lowest BCUT2D eigenvalue weighted by atomic mass is 9.85. The van der Waals surface area contributed by atoms with Gasteiger partial charge >= 0.3 is 0 Å². The molecule has 0 atom stereocenters. The number of rotatable bonds is 6. The van der Waals surface area contributed by atoms with Crippen LogP contribution in [0.5, 0.6) is 0 Å². The highest BCUT2D eigenvalue weighted by Crippen LogP contribution is 2.35. The standard InChI is InChI=1S/C23H30F2N8O/c1-2-15-3-5-16(6-4-15)33-14-18(20(30-33)21(24)25)28-23(34)17-13-27-32-10-7-19(29-22(17)32)31-11-8-26-9-12-31/h7,10,13-16,21,26H,2-6,8-9,11-12H2,1H3,(H,28,34)/t15-,16+. The van der Waals surface area contributed by atoms with Gasteiger partial charge in [0.05, 0.1) is 17.9 Å². The fourth-order valence-corrected chi connectivity index (χ4v) is 4.95. The Bertz CT molecular complexity index is 1150. The van der Waals surface area contributed by atoms with E-state index in [9.17, 15) is 13.6 Å². The van der Waals surface area contributed by atoms with E-state index in [0.717, 1.165) is 64.1 Å². The Morgan fingerprint density at radius 3 is 2.71 bits per heavy atom. The summed E-state index contributed by atoms with van der Waals surface area (Å²) in [5.74, 6) is 0.915. The molecule has 0 spiro atoms. The molecule has 34 heavy (non-hydrogen) atoms. The Hall–Kier alpha value is -3.08. The molecule has 1 saturated carbocycles. The number of hydrogen-bond donors (Lipinski definition) is 2. The molecular formula is C23H30F2N8O. The largest absolute Gasteiger partial charge is 0.354 e. The van der Waals surface area contributed by atoms with Crippen molar-refractivity contribution in [1.29, 1.82) is 0 Å². The minimum absolute atomic E-state index is 0.0372. The quantitative estimate of drug-likeness (QED) is 0.569. The van der Waals surface area contributed by atoms with Crippen LogP contribution in [-0.4, -0.2) is 56.5 Å². The average molecular weight is 473 g/mol. The van der Waals surface area contributed by atoms with Gasteiger partial charge in [0.1, 0.15) is 11.4 Å². The highest BCUT2D eigenvalue weighted by Gasteiger charge is 2.27. The second kappa shape index (κ2) is 9.65. The van der Waals surface area contributed by atoms with Crippen LogP contribution in [-0.2, 0) is 0 Å². The summed E-state index contributed by atoms with van der Waals surface area (Å²) in [5, 5.41) is 14.3. The smallest absolute Gasteiger partial charge is 0.284 e. The maximum Gasteiger partial charge on any atom is 0.284 e. The molecule has 11 heteroatoms. The molecule has 0 bridgehead atoms. The van der Waals surface area contributed by atoms with E-state index in [0.29, 0.717) is 11.6 Å². The van der Waals surface area contributed by atoms with E-state index in [4.69, 9.17) is 0 Å². The van der Waals surface area contributed by atoms with Gasteiger partial charge in [-0.2, -0.15) is 10.2 Å². The molecule has 182 valence electrons. The van der Waals surface area contributed by atoms with Crippen molar-refractivity contribution < 1.29 is 13.6 Å². The van der Waals surface area contributed by atoms with Gasteiger partial charge in [-0.05, 0) is 37.7 Å². The molecule has 1 saturated heterocycles. The number of carbonyl (C=O) groups excluding carboxylic acids is 1. The van der Waals surface area contributed by atoms with Crippen LogP contribution in [0.3, 0.4) is 0 Å². The lowest BCUT2D eigenvalue weighted by Gasteiger charge is -2.28. The van der Waals surface area contributed by atoms with Crippen LogP contribution in [0, 0.1) is 5.92 Å². The van der Waals surface area contributed by atoms with Gasteiger partial charge in [-0.1, -0.05) is 13.3 Å². The van der Waals surface area contributed by atoms with Gasteiger partial charge in [-0.15, -0.1) is 0 Å². The molecule has 3 aromatic heterocycles. The number of aromatic nitrogens is 5. The predicted molar refractivity (Wildman–Crippen MR) is 124 cm³/mol. The van der Waals surface area contributed by atoms with E-state index >= 15 is 0 Å². The average Bonchev–Trinajstić information content (AvgIpc) is 3.49. The SMILES string of the molecule is CC[C@H]1CC[C@@H](n2cc(NC(=O)c3cnn4ccc(N5CCNCC5)nc34)c(C(F)F)n2)CC1. The van der Waals surface area contributed by atoms with E-state index < -0.39 is 18.0 Å². The second-order valence-electron chi connectivity index (χ2n) is 9.09. The zero-order valence-electron chi connectivity index (χ0n) is 19.3. The first-order valence-electron chi connectivity index (χ1n) is 12.0. The molecule has 0 unspecified atom stereocenters. The summed E-state index contributed by atoms with van der Waals surface area (Å²) in [6.45, 7) is 5.54. The van der Waals surface area contributed by atoms with E-state index in [-0.39, 0.29) is 17.3 Å². The maximum absolute atomic E-state index is 13.8. The van der Waals surface area contributed by atoms with Crippen molar-refractivity contribution in [2.75, 3.05) is 36.4 Å². The minimum Gasteiger partial charge on any atom is -0.354 e. The topological polar surface area (TPSA) is 92.4 Å². The molecule has 1 aliphatic heterocycles. The molecule has 1 aliphatic carbocycles. The number of alkyl halides is 2. The monoisotopic (exact) mass is 472 g/mol. The van der Waals surface area contributed by atoms with Gasteiger partial charge in [0.15, 0.2) is 11.3 Å². The molecule has 2 aliphatic rings. The predicted octanol–water partition coefficient (Wildman–Crippen LogP) is 3.67. The molecule has 3 aromatic rings. The fraction of sp³-hybridized carbons (Fsp3) is 0.565. The van der Waals surface area contributed by atoms with Crippen molar-refractivity contribution in [3.63, 3.8) is 0 Å². The lowest BCUT2D eigenvalue weighted by molar-refractivity contribution is 0.102. The molecule has 0 radical (unpaired) electrons. The zero-order valence-corrected chi connectivity index (χ0v) is 19.3. The lowest BCUT2D eigenvalue weighted by Crippen LogP contribution is -2.43. The van der Waals surface area contributed by atoms with Crippen molar-refractivity contribution in [2.45, 2.75) is 51.5 Å². The first-order chi connectivity index (χ1) is 16.5. The number of nitrogens with one attached hydrogen (secondary N) is 2. The number of anilines is 2. The first-order valence-corrected chi connectivity index (χ1v) is 12.0. The van der Waals surface area contributed by atoms with Crippen molar-refractivity contribution in [3.8, 4) is 0 Å². The number of hydrogen-bond acceptors (Lipinski definition) is 6. The van der Waals surface area contributed by atoms with Crippen LogP contribution in [0.15, 0.2) is 24.7 Å². The molecule has 5 rings (SSSR count). The van der Waals surface area contributed by atoms with Gasteiger partial charge in [-0.3, -0.25) is 9.48 Å². The van der Waals surface area contributed by atoms with E-state index in [2.05, 4.69) is 37.6 Å². The fourth-order valence-electron chi connectivity index (χ4n) is 4.95. The summed E-state index contributed by atoms with van der Waals surface area (Å²) in [7, 11) is 0. The van der Waals surface area contributed by atoms with Crippen molar-refractivity contribution in [3.05, 3.63) is 35.9 Å². The summed E-state index contributed by atoms with van der Waals surface area (Å²) in [6, 6.07) is 1.94. The van der Waals surface area contributed by atoms with Crippen LogP contribution < -0.4 is 15.5 Å². The number of carbonyl (C=O) groups is 1. The van der Waals surface area contributed by atoms with Crippen LogP contribution >= 0.6 is 0 Å². The Labute approximate surface area is 196 Å². The number of fused-ring (bicyclic) bond motifs is 1. The van der Waals surface area contributed by atoms with Crippen LogP contribution in [0.2, 0.25) is 0 Å². The Balaban J connectivity index is 1.38. The summed E-state index contributed by atoms with van der Waals surface area (Å²) in [5.41, 5.74) is 0.248. The summed E-state index contributed by atoms with van der Waals surface area (Å²) in [6.07, 6.45) is 7.01. The third-order valence-electron chi connectivity index (χ3n) is 7.02. The molecule has 0 aromatic carbocycles. The summed E-state index contributed by atoms with van der Waals surface area (Å²) >= 11 is 0. The third kappa shape index (κ3) is 4.48. The van der Waals surface area contributed by atoms with Crippen molar-refractivity contribution >= 4 is 23.1 Å². The first kappa shape index (κ1) is 22.7. The van der Waals surface area contributed by atoms with Crippen molar-refractivity contribution in [1.82, 2.24) is 29.7 Å². The molecular weight excluding hydrogens is 442 g/mol. The second-order valence-corrected chi connectivity index (χ2v) is 9.09. The number of piperazine rings is 1. The number of halogens is 2. The normalized spacial score (nSPS) is 21.4. The molecule has 4 heterocycles. The Morgan fingerprint density at radius 1 is 1.24 bits per heavy atom. The van der Waals surface area contributed by atoms with Crippen LogP contribution in [0.1, 0.15) is 67.5 Å². The maximum atomic E-state index is 13.8. The van der Waals surface area contributed by atoms with Gasteiger partial charge in [-0.25, -0.2) is 18.3 Å². The Morgan fingerprint density at radius 2 is 2.00 bits per heavy atom. The molecule has 1 amide bonds. The molecule has 9 nitrogen and oxygen atoms in total. The van der Waals surface area contributed by atoms with Crippen LogP contribution in [0.4, 0.5) is 20.3 Å². The Kier molecular flexibility index (Phi) is 6.44. The van der Waals surface area contributed by atoms with E-state index in [1.807, 2.05) is 6.07 Å². The summed E-state index contributed by atoms with van der Waals surface area (Å²) in [4.78, 5) is 19.9. The van der Waals surface area contributed by atoms with Crippen molar-refractivity contribution in [2.24, 2.45) is 5.92 Å². The minimum atomic E-state index is -2.79. The van der Waals surface area contributed by atoms with Crippen LogP contribution in [0.25, 0.3) is 5.65 Å². The van der Waals surface area contributed by atoms with E-state index in [1.54, 1.807) is 17.1 Å². The zero-order chi connectivity index (χ0) is 23.7.